The van der Waals surface area contributed by atoms with E-state index in [0.717, 1.165) is 50.5 Å². The second kappa shape index (κ2) is 6.58. The average Bonchev–Trinajstić information content (AvgIpc) is 3.04. The van der Waals surface area contributed by atoms with E-state index in [4.69, 9.17) is 15.0 Å². The molecule has 0 spiro atoms. The molecule has 0 amide bonds. The molecular formula is C28H21N3. The normalized spacial score (nSPS) is 13.7. The summed E-state index contributed by atoms with van der Waals surface area (Å²) in [6.07, 6.45) is 0. The lowest BCUT2D eigenvalue weighted by Crippen LogP contribution is -2.17. The van der Waals surface area contributed by atoms with E-state index in [1.165, 1.54) is 5.56 Å². The van der Waals surface area contributed by atoms with Gasteiger partial charge in [-0.3, -0.25) is 0 Å². The lowest BCUT2D eigenvalue weighted by atomic mass is 9.80. The van der Waals surface area contributed by atoms with Crippen molar-refractivity contribution in [3.05, 3.63) is 102 Å². The molecule has 0 saturated carbocycles. The number of nitrogens with zero attached hydrogens (tertiary/aromatic N) is 3. The Morgan fingerprint density at radius 3 is 1.94 bits per heavy atom. The predicted molar refractivity (Wildman–Crippen MR) is 126 cm³/mol. The standard InChI is InChI=1S/C28H21N3/c1-28(2)21-17-20-15-9-10-16-22(20)29-25(21)26-23(28)24(18-11-5-3-6-12-18)30-27(31-26)19-13-7-4-8-14-19/h3-17H,1-2H3. The van der Waals surface area contributed by atoms with Gasteiger partial charge < -0.3 is 0 Å². The fourth-order valence-electron chi connectivity index (χ4n) is 4.65. The molecule has 3 heteroatoms. The first-order valence-corrected chi connectivity index (χ1v) is 10.6. The number of pyridine rings is 1. The smallest absolute Gasteiger partial charge is 0.160 e. The highest BCUT2D eigenvalue weighted by atomic mass is 14.9. The first-order chi connectivity index (χ1) is 15.1. The molecule has 3 nitrogen and oxygen atoms in total. The summed E-state index contributed by atoms with van der Waals surface area (Å²) in [5.41, 5.74) is 8.10. The highest BCUT2D eigenvalue weighted by Gasteiger charge is 2.41. The van der Waals surface area contributed by atoms with Crippen LogP contribution in [0.3, 0.4) is 0 Å². The number of fused-ring (bicyclic) bond motifs is 4. The lowest BCUT2D eigenvalue weighted by molar-refractivity contribution is 0.657. The lowest BCUT2D eigenvalue weighted by Gasteiger charge is -2.23. The number of hydrogen-bond donors (Lipinski definition) is 0. The minimum atomic E-state index is -0.248. The Hall–Kier alpha value is -3.85. The fraction of sp³-hybridized carbons (Fsp3) is 0.107. The van der Waals surface area contributed by atoms with Gasteiger partial charge in [0, 0.05) is 27.5 Å². The molecule has 0 aliphatic heterocycles. The van der Waals surface area contributed by atoms with Gasteiger partial charge in [0.15, 0.2) is 5.82 Å². The number of para-hydroxylation sites is 1. The van der Waals surface area contributed by atoms with Crippen LogP contribution in [0.25, 0.3) is 44.9 Å². The number of aromatic nitrogens is 3. The van der Waals surface area contributed by atoms with Crippen molar-refractivity contribution in [2.24, 2.45) is 0 Å². The molecule has 2 aromatic heterocycles. The molecular weight excluding hydrogens is 378 g/mol. The first kappa shape index (κ1) is 18.0. The summed E-state index contributed by atoms with van der Waals surface area (Å²) in [5.74, 6) is 0.733. The van der Waals surface area contributed by atoms with Crippen LogP contribution in [0.1, 0.15) is 25.0 Å². The molecule has 0 bridgehead atoms. The van der Waals surface area contributed by atoms with Crippen molar-refractivity contribution < 1.29 is 0 Å². The van der Waals surface area contributed by atoms with Gasteiger partial charge in [-0.2, -0.15) is 0 Å². The quantitative estimate of drug-likeness (QED) is 0.333. The van der Waals surface area contributed by atoms with Gasteiger partial charge in [0.25, 0.3) is 0 Å². The third-order valence-electron chi connectivity index (χ3n) is 6.23. The van der Waals surface area contributed by atoms with Gasteiger partial charge in [-0.05, 0) is 17.7 Å². The Morgan fingerprint density at radius 1 is 0.581 bits per heavy atom. The molecule has 31 heavy (non-hydrogen) atoms. The van der Waals surface area contributed by atoms with Crippen LogP contribution in [0.4, 0.5) is 0 Å². The fourth-order valence-corrected chi connectivity index (χ4v) is 4.65. The Labute approximate surface area is 181 Å². The van der Waals surface area contributed by atoms with E-state index in [2.05, 4.69) is 74.5 Å². The van der Waals surface area contributed by atoms with Crippen molar-refractivity contribution in [3.8, 4) is 34.0 Å². The Balaban J connectivity index is 1.72. The maximum atomic E-state index is 5.09. The van der Waals surface area contributed by atoms with E-state index < -0.39 is 0 Å². The maximum absolute atomic E-state index is 5.09. The van der Waals surface area contributed by atoms with Crippen molar-refractivity contribution in [2.45, 2.75) is 19.3 Å². The molecule has 0 unspecified atom stereocenters. The third-order valence-corrected chi connectivity index (χ3v) is 6.23. The molecule has 5 aromatic rings. The van der Waals surface area contributed by atoms with E-state index in [9.17, 15) is 0 Å². The SMILES string of the molecule is CC1(C)c2cc3ccccc3nc2-c2nc(-c3ccccc3)nc(-c3ccccc3)c21. The van der Waals surface area contributed by atoms with Gasteiger partial charge in [0.1, 0.15) is 0 Å². The second-order valence-electron chi connectivity index (χ2n) is 8.55. The molecule has 0 saturated heterocycles. The van der Waals surface area contributed by atoms with Gasteiger partial charge in [0.2, 0.25) is 0 Å². The Kier molecular flexibility index (Phi) is 3.81. The Bertz CT molecular complexity index is 1440. The summed E-state index contributed by atoms with van der Waals surface area (Å²) < 4.78 is 0. The summed E-state index contributed by atoms with van der Waals surface area (Å²) in [6, 6.07) is 31.2. The predicted octanol–water partition coefficient (Wildman–Crippen LogP) is 6.67. The molecule has 1 aliphatic carbocycles. The van der Waals surface area contributed by atoms with Crippen molar-refractivity contribution >= 4 is 10.9 Å². The Morgan fingerprint density at radius 2 is 1.19 bits per heavy atom. The zero-order valence-corrected chi connectivity index (χ0v) is 17.5. The molecule has 2 heterocycles. The van der Waals surface area contributed by atoms with Crippen LogP contribution < -0.4 is 0 Å². The summed E-state index contributed by atoms with van der Waals surface area (Å²) in [7, 11) is 0. The van der Waals surface area contributed by atoms with Crippen LogP contribution in [0.5, 0.6) is 0 Å². The summed E-state index contributed by atoms with van der Waals surface area (Å²) in [6.45, 7) is 4.51. The highest BCUT2D eigenvalue weighted by molar-refractivity contribution is 5.90. The van der Waals surface area contributed by atoms with E-state index >= 15 is 0 Å². The van der Waals surface area contributed by atoms with E-state index in [0.29, 0.717) is 0 Å². The van der Waals surface area contributed by atoms with Crippen LogP contribution in [0.2, 0.25) is 0 Å². The van der Waals surface area contributed by atoms with Crippen LogP contribution in [0.15, 0.2) is 91.0 Å². The molecule has 148 valence electrons. The van der Waals surface area contributed by atoms with Crippen molar-refractivity contribution in [1.82, 2.24) is 15.0 Å². The summed E-state index contributed by atoms with van der Waals surface area (Å²) in [5, 5.41) is 1.15. The van der Waals surface area contributed by atoms with E-state index in [1.54, 1.807) is 0 Å². The minimum Gasteiger partial charge on any atom is -0.246 e. The van der Waals surface area contributed by atoms with Gasteiger partial charge in [-0.25, -0.2) is 15.0 Å². The highest BCUT2D eigenvalue weighted by Crippen LogP contribution is 2.51. The number of hydrogen-bond acceptors (Lipinski definition) is 3. The molecule has 3 aromatic carbocycles. The third kappa shape index (κ3) is 2.70. The molecule has 0 radical (unpaired) electrons. The van der Waals surface area contributed by atoms with Gasteiger partial charge >= 0.3 is 0 Å². The largest absolute Gasteiger partial charge is 0.246 e. The average molecular weight is 399 g/mol. The zero-order valence-electron chi connectivity index (χ0n) is 17.5. The second-order valence-corrected chi connectivity index (χ2v) is 8.55. The van der Waals surface area contributed by atoms with Crippen LogP contribution in [0, 0.1) is 0 Å². The number of benzene rings is 3. The molecule has 0 atom stereocenters. The first-order valence-electron chi connectivity index (χ1n) is 10.6. The molecule has 0 N–H and O–H groups in total. The summed E-state index contributed by atoms with van der Waals surface area (Å²) >= 11 is 0. The maximum Gasteiger partial charge on any atom is 0.160 e. The van der Waals surface area contributed by atoms with Gasteiger partial charge in [-0.15, -0.1) is 0 Å². The minimum absolute atomic E-state index is 0.248. The van der Waals surface area contributed by atoms with Crippen molar-refractivity contribution in [3.63, 3.8) is 0 Å². The zero-order chi connectivity index (χ0) is 21.0. The van der Waals surface area contributed by atoms with E-state index in [1.807, 2.05) is 30.3 Å². The molecule has 1 aliphatic rings. The monoisotopic (exact) mass is 399 g/mol. The van der Waals surface area contributed by atoms with Crippen LogP contribution in [-0.4, -0.2) is 15.0 Å². The van der Waals surface area contributed by atoms with Crippen molar-refractivity contribution in [1.29, 1.82) is 0 Å². The van der Waals surface area contributed by atoms with Gasteiger partial charge in [0.05, 0.1) is 22.6 Å². The summed E-state index contributed by atoms with van der Waals surface area (Å²) in [4.78, 5) is 15.2. The van der Waals surface area contributed by atoms with Crippen LogP contribution in [-0.2, 0) is 5.41 Å². The number of rotatable bonds is 2. The topological polar surface area (TPSA) is 38.7 Å². The van der Waals surface area contributed by atoms with Crippen molar-refractivity contribution in [2.75, 3.05) is 0 Å². The van der Waals surface area contributed by atoms with Crippen LogP contribution >= 0.6 is 0 Å². The molecule has 6 rings (SSSR count). The van der Waals surface area contributed by atoms with E-state index in [-0.39, 0.29) is 5.41 Å². The van der Waals surface area contributed by atoms with Gasteiger partial charge in [-0.1, -0.05) is 92.7 Å². The molecule has 0 fully saturated rings.